The minimum atomic E-state index is -2.60. The van der Waals surface area contributed by atoms with Gasteiger partial charge in [-0.2, -0.15) is 0 Å². The summed E-state index contributed by atoms with van der Waals surface area (Å²) < 4.78 is 12.8. The molecule has 6 nitrogen and oxygen atoms in total. The van der Waals surface area contributed by atoms with Crippen molar-refractivity contribution in [2.24, 2.45) is 5.92 Å². The highest BCUT2D eigenvalue weighted by atomic mass is 28.4. The van der Waals surface area contributed by atoms with Crippen LogP contribution in [0.4, 0.5) is 0 Å². The molecule has 3 rings (SSSR count). The number of nitrogens with zero attached hydrogens (tertiary/aromatic N) is 1. The van der Waals surface area contributed by atoms with Crippen LogP contribution in [0.5, 0.6) is 0 Å². The third kappa shape index (κ3) is 6.21. The average molecular weight is 500 g/mol. The first kappa shape index (κ1) is 27.6. The quantitative estimate of drug-likeness (QED) is 0.410. The molecule has 2 aromatic rings. The summed E-state index contributed by atoms with van der Waals surface area (Å²) in [5.41, 5.74) is 0. The van der Waals surface area contributed by atoms with Gasteiger partial charge in [-0.1, -0.05) is 81.4 Å². The maximum atomic E-state index is 12.0. The van der Waals surface area contributed by atoms with Gasteiger partial charge >= 0.3 is 0 Å². The van der Waals surface area contributed by atoms with Crippen LogP contribution in [0.1, 0.15) is 40.0 Å². The number of ether oxygens (including phenoxy) is 1. The number of aliphatic hydroxyl groups excluding tert-OH is 2. The maximum Gasteiger partial charge on any atom is 0.261 e. The van der Waals surface area contributed by atoms with E-state index in [4.69, 9.17) is 9.16 Å². The first-order chi connectivity index (χ1) is 16.6. The van der Waals surface area contributed by atoms with Gasteiger partial charge < -0.3 is 24.3 Å². The standard InChI is InChI=1S/C28H41NO5Si/c1-28(2,3)35(22-13-8-6-9-14-22,23-15-10-7-11-16-23)34-18-12-17-24-27(32)26(31)21(20-33-24)19-25(30)29(4)5/h6-11,13-16,21,24,26-27,31-32H,12,17-20H2,1-5H3/t21-,24-,26+,27-/m0/s1. The first-order valence-corrected chi connectivity index (χ1v) is 14.4. The van der Waals surface area contributed by atoms with Crippen molar-refractivity contribution in [1.29, 1.82) is 0 Å². The smallest absolute Gasteiger partial charge is 0.261 e. The lowest BCUT2D eigenvalue weighted by molar-refractivity contribution is -0.171. The maximum absolute atomic E-state index is 12.0. The predicted molar refractivity (Wildman–Crippen MR) is 141 cm³/mol. The second kappa shape index (κ2) is 11.8. The second-order valence-corrected chi connectivity index (χ2v) is 15.1. The minimum absolute atomic E-state index is 0.0815. The first-order valence-electron chi connectivity index (χ1n) is 12.5. The van der Waals surface area contributed by atoms with Gasteiger partial charge in [0, 0.05) is 33.0 Å². The molecule has 1 amide bonds. The van der Waals surface area contributed by atoms with E-state index in [1.54, 1.807) is 14.1 Å². The Bertz CT molecular complexity index is 892. The molecule has 35 heavy (non-hydrogen) atoms. The molecule has 1 aliphatic heterocycles. The molecular weight excluding hydrogens is 458 g/mol. The fourth-order valence-corrected chi connectivity index (χ4v) is 9.66. The van der Waals surface area contributed by atoms with E-state index < -0.39 is 32.5 Å². The number of benzene rings is 2. The number of amides is 1. The molecule has 4 atom stereocenters. The van der Waals surface area contributed by atoms with Crippen molar-refractivity contribution >= 4 is 24.6 Å². The average Bonchev–Trinajstić information content (AvgIpc) is 2.83. The van der Waals surface area contributed by atoms with Crippen LogP contribution in [0.25, 0.3) is 0 Å². The Hall–Kier alpha value is -2.03. The zero-order valence-electron chi connectivity index (χ0n) is 21.7. The zero-order valence-corrected chi connectivity index (χ0v) is 22.7. The van der Waals surface area contributed by atoms with E-state index in [0.29, 0.717) is 19.4 Å². The van der Waals surface area contributed by atoms with E-state index in [1.165, 1.54) is 15.3 Å². The molecule has 0 unspecified atom stereocenters. The van der Waals surface area contributed by atoms with Crippen LogP contribution in [0.2, 0.25) is 5.04 Å². The summed E-state index contributed by atoms with van der Waals surface area (Å²) in [5.74, 6) is -0.480. The molecule has 0 aromatic heterocycles. The monoisotopic (exact) mass is 499 g/mol. The van der Waals surface area contributed by atoms with E-state index in [9.17, 15) is 15.0 Å². The fourth-order valence-electron chi connectivity index (χ4n) is 5.06. The lowest BCUT2D eigenvalue weighted by atomic mass is 9.88. The summed E-state index contributed by atoms with van der Waals surface area (Å²) in [6.07, 6.45) is -1.04. The molecule has 1 saturated heterocycles. The lowest BCUT2D eigenvalue weighted by Gasteiger charge is -2.43. The van der Waals surface area contributed by atoms with Crippen molar-refractivity contribution < 1.29 is 24.2 Å². The van der Waals surface area contributed by atoms with Crippen molar-refractivity contribution in [3.63, 3.8) is 0 Å². The van der Waals surface area contributed by atoms with Crippen LogP contribution in [0, 0.1) is 5.92 Å². The molecule has 0 aliphatic carbocycles. The highest BCUT2D eigenvalue weighted by Gasteiger charge is 2.50. The Morgan fingerprint density at radius 1 is 1.00 bits per heavy atom. The third-order valence-electron chi connectivity index (χ3n) is 7.04. The zero-order chi connectivity index (χ0) is 25.6. The van der Waals surface area contributed by atoms with Gasteiger partial charge in [0.1, 0.15) is 6.10 Å². The Morgan fingerprint density at radius 2 is 1.54 bits per heavy atom. The highest BCUT2D eigenvalue weighted by Crippen LogP contribution is 2.37. The van der Waals surface area contributed by atoms with E-state index in [1.807, 2.05) is 12.1 Å². The number of aliphatic hydroxyl groups is 2. The third-order valence-corrected chi connectivity index (χ3v) is 12.1. The topological polar surface area (TPSA) is 79.2 Å². The summed E-state index contributed by atoms with van der Waals surface area (Å²) >= 11 is 0. The number of rotatable bonds is 9. The normalized spacial score (nSPS) is 23.2. The Morgan fingerprint density at radius 3 is 2.03 bits per heavy atom. The number of hydrogen-bond donors (Lipinski definition) is 2. The number of carbonyl (C=O) groups is 1. The van der Waals surface area contributed by atoms with Gasteiger partial charge in [0.05, 0.1) is 18.8 Å². The summed E-state index contributed by atoms with van der Waals surface area (Å²) in [5, 5.41) is 23.6. The van der Waals surface area contributed by atoms with Crippen LogP contribution in [0.3, 0.4) is 0 Å². The van der Waals surface area contributed by atoms with E-state index >= 15 is 0 Å². The van der Waals surface area contributed by atoms with Crippen molar-refractivity contribution in [3.05, 3.63) is 60.7 Å². The van der Waals surface area contributed by atoms with Gasteiger partial charge in [-0.3, -0.25) is 4.79 Å². The Labute approximate surface area is 211 Å². The van der Waals surface area contributed by atoms with Crippen LogP contribution < -0.4 is 10.4 Å². The minimum Gasteiger partial charge on any atom is -0.407 e. The van der Waals surface area contributed by atoms with Crippen LogP contribution in [-0.2, 0) is 14.0 Å². The molecule has 2 N–H and O–H groups in total. The molecule has 2 aromatic carbocycles. The molecule has 7 heteroatoms. The van der Waals surface area contributed by atoms with Gasteiger partial charge in [0.25, 0.3) is 8.32 Å². The molecule has 0 bridgehead atoms. The molecule has 0 saturated carbocycles. The molecule has 1 fully saturated rings. The Kier molecular flexibility index (Phi) is 9.29. The van der Waals surface area contributed by atoms with E-state index in [-0.39, 0.29) is 24.0 Å². The fraction of sp³-hybridized carbons (Fsp3) is 0.536. The van der Waals surface area contributed by atoms with E-state index in [0.717, 1.165) is 0 Å². The lowest BCUT2D eigenvalue weighted by Crippen LogP contribution is -2.66. The predicted octanol–water partition coefficient (Wildman–Crippen LogP) is 2.56. The molecular formula is C28H41NO5Si. The SMILES string of the molecule is CN(C)C(=O)C[C@H]1CO[C@@H](CCCO[Si](c2ccccc2)(c2ccccc2)C(C)(C)C)[C@H](O)[C@@H]1O. The molecule has 192 valence electrons. The van der Waals surface area contributed by atoms with Crippen molar-refractivity contribution in [3.8, 4) is 0 Å². The molecule has 1 heterocycles. The highest BCUT2D eigenvalue weighted by molar-refractivity contribution is 6.99. The van der Waals surface area contributed by atoms with Gasteiger partial charge in [-0.05, 0) is 28.3 Å². The van der Waals surface area contributed by atoms with Gasteiger partial charge in [0.2, 0.25) is 5.91 Å². The summed E-state index contributed by atoms with van der Waals surface area (Å²) in [6.45, 7) is 7.53. The van der Waals surface area contributed by atoms with Crippen molar-refractivity contribution in [1.82, 2.24) is 4.90 Å². The molecule has 0 radical (unpaired) electrons. The Balaban J connectivity index is 1.68. The largest absolute Gasteiger partial charge is 0.407 e. The number of carbonyl (C=O) groups excluding carboxylic acids is 1. The van der Waals surface area contributed by atoms with Crippen LogP contribution in [-0.4, -0.2) is 75.0 Å². The van der Waals surface area contributed by atoms with Crippen LogP contribution >= 0.6 is 0 Å². The van der Waals surface area contributed by atoms with Gasteiger partial charge in [-0.25, -0.2) is 0 Å². The van der Waals surface area contributed by atoms with Gasteiger partial charge in [0.15, 0.2) is 0 Å². The van der Waals surface area contributed by atoms with Gasteiger partial charge in [-0.15, -0.1) is 0 Å². The number of hydrogen-bond acceptors (Lipinski definition) is 5. The molecule has 1 aliphatic rings. The van der Waals surface area contributed by atoms with Crippen molar-refractivity contribution in [2.45, 2.75) is 63.4 Å². The summed E-state index contributed by atoms with van der Waals surface area (Å²) in [6, 6.07) is 21.0. The second-order valence-electron chi connectivity index (χ2n) is 10.8. The van der Waals surface area contributed by atoms with Crippen molar-refractivity contribution in [2.75, 3.05) is 27.3 Å². The summed E-state index contributed by atoms with van der Waals surface area (Å²) in [4.78, 5) is 13.5. The van der Waals surface area contributed by atoms with E-state index in [2.05, 4.69) is 69.3 Å². The molecule has 0 spiro atoms. The summed E-state index contributed by atoms with van der Waals surface area (Å²) in [7, 11) is 0.766. The van der Waals surface area contributed by atoms with Crippen LogP contribution in [0.15, 0.2) is 60.7 Å².